The predicted octanol–water partition coefficient (Wildman–Crippen LogP) is 12.9. The van der Waals surface area contributed by atoms with Gasteiger partial charge in [0.15, 0.2) is 0 Å². The van der Waals surface area contributed by atoms with E-state index in [4.69, 9.17) is 0 Å². The second kappa shape index (κ2) is 7.85. The second-order valence-corrected chi connectivity index (χ2v) is 19.1. The highest BCUT2D eigenvalue weighted by atomic mass is 32.1. The van der Waals surface area contributed by atoms with Crippen LogP contribution >= 0.6 is 68.0 Å². The van der Waals surface area contributed by atoms with Crippen LogP contribution in [-0.2, 0) is 10.8 Å². The lowest BCUT2D eigenvalue weighted by Gasteiger charge is -2.24. The highest BCUT2D eigenvalue weighted by molar-refractivity contribution is 7.32. The molecule has 2 aliphatic rings. The van der Waals surface area contributed by atoms with Gasteiger partial charge in [0.1, 0.15) is 0 Å². The van der Waals surface area contributed by atoms with Gasteiger partial charge in [-0.2, -0.15) is 0 Å². The van der Waals surface area contributed by atoms with Gasteiger partial charge in [-0.05, 0) is 95.8 Å². The van der Waals surface area contributed by atoms with E-state index in [1.807, 2.05) is 68.0 Å². The molecule has 0 N–H and O–H groups in total. The van der Waals surface area contributed by atoms with Crippen LogP contribution in [0.2, 0.25) is 0 Å². The van der Waals surface area contributed by atoms with Crippen molar-refractivity contribution in [3.63, 3.8) is 0 Å². The largest absolute Gasteiger partial charge is 0.140 e. The Kier molecular flexibility index (Phi) is 4.82. The summed E-state index contributed by atoms with van der Waals surface area (Å²) in [5.41, 5.74) is 8.91. The molecule has 0 spiro atoms. The van der Waals surface area contributed by atoms with E-state index in [0.717, 1.165) is 0 Å². The average Bonchev–Trinajstić information content (AvgIpc) is 3.71. The average molecular weight is 627 g/mol. The zero-order chi connectivity index (χ0) is 27.3. The van der Waals surface area contributed by atoms with Crippen LogP contribution in [-0.4, -0.2) is 0 Å². The molecule has 6 heterocycles. The predicted molar refractivity (Wildman–Crippen MR) is 184 cm³/mol. The minimum Gasteiger partial charge on any atom is -0.140 e. The van der Waals surface area contributed by atoms with Gasteiger partial charge in [0.2, 0.25) is 0 Å². The van der Waals surface area contributed by atoms with E-state index in [9.17, 15) is 0 Å². The van der Waals surface area contributed by atoms with Crippen LogP contribution in [0.5, 0.6) is 0 Å². The Morgan fingerprint density at radius 1 is 0.400 bits per heavy atom. The molecule has 6 heteroatoms. The smallest absolute Gasteiger partial charge is 0.0463 e. The van der Waals surface area contributed by atoms with E-state index in [1.54, 1.807) is 0 Å². The molecule has 0 nitrogen and oxygen atoms in total. The molecule has 0 fully saturated rings. The van der Waals surface area contributed by atoms with Crippen LogP contribution < -0.4 is 0 Å². The van der Waals surface area contributed by atoms with Crippen molar-refractivity contribution in [2.75, 3.05) is 0 Å². The Labute approximate surface area is 258 Å². The molecular weight excluding hydrogens is 601 g/mol. The number of benzene rings is 1. The lowest BCUT2D eigenvalue weighted by molar-refractivity contribution is 0.653. The molecule has 0 bridgehead atoms. The SMILES string of the molecule is Cc1cc2sc(-c3cc4c(s3)-c3cc5c(cc3C4(C)C)-c3sc(-c4cc6sc(C)cc6s4)cc3C5(C)C)cc2s1. The molecule has 9 rings (SSSR count). The molecule has 0 aliphatic heterocycles. The minimum atomic E-state index is 0.00261. The van der Waals surface area contributed by atoms with Crippen LogP contribution in [0, 0.1) is 13.8 Å². The normalized spacial score (nSPS) is 16.1. The molecule has 7 aromatic rings. The molecule has 0 radical (unpaired) electrons. The Morgan fingerprint density at radius 2 is 0.775 bits per heavy atom. The fourth-order valence-electron chi connectivity index (χ4n) is 6.81. The highest BCUT2D eigenvalue weighted by Gasteiger charge is 2.43. The van der Waals surface area contributed by atoms with E-state index in [-0.39, 0.29) is 10.8 Å². The number of rotatable bonds is 2. The van der Waals surface area contributed by atoms with Crippen molar-refractivity contribution < 1.29 is 0 Å². The monoisotopic (exact) mass is 626 g/mol. The zero-order valence-electron chi connectivity index (χ0n) is 23.1. The lowest BCUT2D eigenvalue weighted by Crippen LogP contribution is -2.16. The van der Waals surface area contributed by atoms with Gasteiger partial charge in [-0.25, -0.2) is 0 Å². The summed E-state index contributed by atoms with van der Waals surface area (Å²) in [6.07, 6.45) is 0. The third-order valence-corrected chi connectivity index (χ3v) is 16.1. The quantitative estimate of drug-likeness (QED) is 0.179. The van der Waals surface area contributed by atoms with Crippen LogP contribution in [0.3, 0.4) is 0 Å². The van der Waals surface area contributed by atoms with E-state index in [2.05, 4.69) is 90.1 Å². The number of hydrogen-bond donors (Lipinski definition) is 0. The second-order valence-electron chi connectivity index (χ2n) is 12.3. The molecule has 40 heavy (non-hydrogen) atoms. The van der Waals surface area contributed by atoms with Crippen molar-refractivity contribution in [1.82, 2.24) is 0 Å². The fourth-order valence-corrected chi connectivity index (χ4v) is 14.3. The summed E-state index contributed by atoms with van der Waals surface area (Å²) in [6, 6.07) is 19.6. The Bertz CT molecular complexity index is 1970. The van der Waals surface area contributed by atoms with Gasteiger partial charge < -0.3 is 0 Å². The van der Waals surface area contributed by atoms with Crippen molar-refractivity contribution in [1.29, 1.82) is 0 Å². The van der Waals surface area contributed by atoms with Gasteiger partial charge in [0.25, 0.3) is 0 Å². The number of fused-ring (bicyclic) bond motifs is 8. The summed E-state index contributed by atoms with van der Waals surface area (Å²) in [7, 11) is 0. The topological polar surface area (TPSA) is 0 Å². The Morgan fingerprint density at radius 3 is 1.18 bits per heavy atom. The number of thiophene rings is 6. The Balaban J connectivity index is 1.17. The van der Waals surface area contributed by atoms with E-state index < -0.39 is 0 Å². The first-order chi connectivity index (χ1) is 19.1. The van der Waals surface area contributed by atoms with Gasteiger partial charge in [0.05, 0.1) is 0 Å². The maximum Gasteiger partial charge on any atom is 0.0463 e. The van der Waals surface area contributed by atoms with Crippen LogP contribution in [0.1, 0.15) is 59.7 Å². The van der Waals surface area contributed by atoms with E-state index in [1.165, 1.54) is 91.2 Å². The van der Waals surface area contributed by atoms with Gasteiger partial charge in [-0.15, -0.1) is 68.0 Å². The summed E-state index contributed by atoms with van der Waals surface area (Å²) in [4.78, 5) is 11.4. The standard InChI is InChI=1S/C34H26S6/c1-15-7-23-27(35-15)13-29(37-23)25-11-21-31(39-25)17-9-20-18(10-19(17)33(21,3)4)32-22(34(20,5)6)12-26(40-32)30-14-28-24(38-30)8-16(2)36-28/h7-14H,1-6H3. The summed E-state index contributed by atoms with van der Waals surface area (Å²) in [5.74, 6) is 0. The van der Waals surface area contributed by atoms with Gasteiger partial charge in [-0.1, -0.05) is 27.7 Å². The van der Waals surface area contributed by atoms with Crippen molar-refractivity contribution >= 4 is 86.8 Å². The molecule has 0 amide bonds. The molecule has 198 valence electrons. The summed E-state index contributed by atoms with van der Waals surface area (Å²) >= 11 is 11.7. The summed E-state index contributed by atoms with van der Waals surface area (Å²) in [5, 5.41) is 0. The van der Waals surface area contributed by atoms with E-state index >= 15 is 0 Å². The lowest BCUT2D eigenvalue weighted by atomic mass is 9.79. The van der Waals surface area contributed by atoms with E-state index in [0.29, 0.717) is 0 Å². The molecular formula is C34H26S6. The van der Waals surface area contributed by atoms with Crippen molar-refractivity contribution in [3.05, 3.63) is 80.5 Å². The fraction of sp³-hybridized carbons (Fsp3) is 0.235. The van der Waals surface area contributed by atoms with Gasteiger partial charge >= 0.3 is 0 Å². The molecule has 2 aliphatic carbocycles. The third kappa shape index (κ3) is 3.15. The van der Waals surface area contributed by atoms with Crippen molar-refractivity contribution in [2.24, 2.45) is 0 Å². The molecule has 1 aromatic carbocycles. The van der Waals surface area contributed by atoms with Crippen LogP contribution in [0.25, 0.3) is 59.2 Å². The minimum absolute atomic E-state index is 0.00261. The first-order valence-corrected chi connectivity index (χ1v) is 18.5. The maximum atomic E-state index is 2.56. The van der Waals surface area contributed by atoms with Crippen molar-refractivity contribution in [3.8, 4) is 40.4 Å². The Hall–Kier alpha value is -2.06. The molecule has 0 atom stereocenters. The first-order valence-electron chi connectivity index (χ1n) is 13.6. The zero-order valence-corrected chi connectivity index (χ0v) is 28.0. The van der Waals surface area contributed by atoms with Crippen LogP contribution in [0.15, 0.2) is 48.5 Å². The summed E-state index contributed by atoms with van der Waals surface area (Å²) in [6.45, 7) is 14.1. The molecule has 0 unspecified atom stereocenters. The summed E-state index contributed by atoms with van der Waals surface area (Å²) < 4.78 is 5.70. The molecule has 6 aromatic heterocycles. The number of aryl methyl sites for hydroxylation is 2. The van der Waals surface area contributed by atoms with Crippen LogP contribution in [0.4, 0.5) is 0 Å². The number of hydrogen-bond acceptors (Lipinski definition) is 6. The van der Waals surface area contributed by atoms with Crippen molar-refractivity contribution in [2.45, 2.75) is 52.4 Å². The third-order valence-electron chi connectivity index (χ3n) is 8.95. The van der Waals surface area contributed by atoms with Gasteiger partial charge in [0, 0.05) is 68.6 Å². The molecule has 0 saturated heterocycles. The van der Waals surface area contributed by atoms with Gasteiger partial charge in [-0.3, -0.25) is 0 Å². The molecule has 0 saturated carbocycles. The maximum absolute atomic E-state index is 2.56. The highest BCUT2D eigenvalue weighted by Crippen LogP contribution is 2.61. The first kappa shape index (κ1) is 24.5.